The molecule has 0 radical (unpaired) electrons. The van der Waals surface area contributed by atoms with Gasteiger partial charge in [0.25, 0.3) is 10.0 Å². The molecule has 0 aliphatic rings. The van der Waals surface area contributed by atoms with Crippen LogP contribution in [-0.2, 0) is 10.0 Å². The van der Waals surface area contributed by atoms with Crippen molar-refractivity contribution in [3.63, 3.8) is 0 Å². The van der Waals surface area contributed by atoms with E-state index in [2.05, 4.69) is 14.9 Å². The number of anilines is 1. The molecule has 5 nitrogen and oxygen atoms in total. The summed E-state index contributed by atoms with van der Waals surface area (Å²) in [6, 6.07) is 3.49. The van der Waals surface area contributed by atoms with Crippen LogP contribution in [0.25, 0.3) is 0 Å². The highest BCUT2D eigenvalue weighted by molar-refractivity contribution is 7.93. The van der Waals surface area contributed by atoms with Crippen LogP contribution in [0.4, 0.5) is 9.52 Å². The Labute approximate surface area is 108 Å². The number of nitrogens with zero attached hydrogens (tertiary/aromatic N) is 2. The summed E-state index contributed by atoms with van der Waals surface area (Å²) in [5, 5.41) is 8.24. The first-order valence-corrected chi connectivity index (χ1v) is 7.27. The highest BCUT2D eigenvalue weighted by Gasteiger charge is 2.18. The van der Waals surface area contributed by atoms with Gasteiger partial charge in [-0.2, -0.15) is 0 Å². The SMILES string of the molecule is Cc1nnc(NS(=O)(=O)c2ccc(F)cc2C)s1. The van der Waals surface area contributed by atoms with Crippen molar-refractivity contribution in [2.24, 2.45) is 0 Å². The van der Waals surface area contributed by atoms with Crippen molar-refractivity contribution in [2.75, 3.05) is 4.72 Å². The average molecular weight is 287 g/mol. The maximum absolute atomic E-state index is 12.9. The average Bonchev–Trinajstić information content (AvgIpc) is 2.62. The molecule has 1 heterocycles. The number of aromatic nitrogens is 2. The third-order valence-electron chi connectivity index (χ3n) is 2.17. The second-order valence-corrected chi connectivity index (χ2v) is 6.47. The fraction of sp³-hybridized carbons (Fsp3) is 0.200. The Kier molecular flexibility index (Phi) is 3.31. The third-order valence-corrected chi connectivity index (χ3v) is 4.56. The van der Waals surface area contributed by atoms with Gasteiger partial charge in [0.15, 0.2) is 0 Å². The maximum atomic E-state index is 12.9. The molecule has 0 unspecified atom stereocenters. The lowest BCUT2D eigenvalue weighted by Gasteiger charge is -2.07. The normalized spacial score (nSPS) is 11.5. The largest absolute Gasteiger partial charge is 0.263 e. The molecule has 0 saturated carbocycles. The number of benzene rings is 1. The van der Waals surface area contributed by atoms with Crippen molar-refractivity contribution in [3.8, 4) is 0 Å². The molecule has 0 atom stereocenters. The fourth-order valence-electron chi connectivity index (χ4n) is 1.42. The van der Waals surface area contributed by atoms with Gasteiger partial charge in [0, 0.05) is 0 Å². The zero-order chi connectivity index (χ0) is 13.3. The molecule has 2 rings (SSSR count). The topological polar surface area (TPSA) is 72.0 Å². The molecule has 96 valence electrons. The van der Waals surface area contributed by atoms with Crippen LogP contribution >= 0.6 is 11.3 Å². The van der Waals surface area contributed by atoms with Crippen molar-refractivity contribution < 1.29 is 12.8 Å². The first-order valence-electron chi connectivity index (χ1n) is 4.97. The van der Waals surface area contributed by atoms with Gasteiger partial charge in [0.1, 0.15) is 10.8 Å². The van der Waals surface area contributed by atoms with E-state index < -0.39 is 15.8 Å². The molecule has 0 spiro atoms. The summed E-state index contributed by atoms with van der Waals surface area (Å²) in [4.78, 5) is 0.0248. The number of nitrogens with one attached hydrogen (secondary N) is 1. The Bertz CT molecular complexity index is 682. The number of hydrogen-bond donors (Lipinski definition) is 1. The highest BCUT2D eigenvalue weighted by Crippen LogP contribution is 2.21. The zero-order valence-corrected chi connectivity index (χ0v) is 11.3. The molecule has 0 aliphatic carbocycles. The van der Waals surface area contributed by atoms with Crippen LogP contribution in [0.3, 0.4) is 0 Å². The van der Waals surface area contributed by atoms with Crippen molar-refractivity contribution in [2.45, 2.75) is 18.7 Å². The molecule has 0 aliphatic heterocycles. The van der Waals surface area contributed by atoms with Crippen molar-refractivity contribution >= 4 is 26.5 Å². The number of halogens is 1. The van der Waals surface area contributed by atoms with Crippen molar-refractivity contribution in [1.82, 2.24) is 10.2 Å². The van der Waals surface area contributed by atoms with E-state index in [9.17, 15) is 12.8 Å². The predicted octanol–water partition coefficient (Wildman–Crippen LogP) is 2.09. The van der Waals surface area contributed by atoms with Crippen molar-refractivity contribution in [3.05, 3.63) is 34.6 Å². The van der Waals surface area contributed by atoms with Crippen LogP contribution in [0.2, 0.25) is 0 Å². The maximum Gasteiger partial charge on any atom is 0.263 e. The van der Waals surface area contributed by atoms with Crippen molar-refractivity contribution in [1.29, 1.82) is 0 Å². The summed E-state index contributed by atoms with van der Waals surface area (Å²) in [7, 11) is -3.76. The quantitative estimate of drug-likeness (QED) is 0.938. The lowest BCUT2D eigenvalue weighted by Crippen LogP contribution is -2.14. The van der Waals surface area contributed by atoms with Gasteiger partial charge in [-0.3, -0.25) is 4.72 Å². The van der Waals surface area contributed by atoms with E-state index in [0.29, 0.717) is 10.6 Å². The minimum absolute atomic E-state index is 0.0248. The Hall–Kier alpha value is -1.54. The summed E-state index contributed by atoms with van der Waals surface area (Å²) in [6.07, 6.45) is 0. The summed E-state index contributed by atoms with van der Waals surface area (Å²) < 4.78 is 39.3. The van der Waals surface area contributed by atoms with Crippen LogP contribution in [0.5, 0.6) is 0 Å². The van der Waals surface area contributed by atoms with Gasteiger partial charge in [-0.25, -0.2) is 12.8 Å². The minimum atomic E-state index is -3.76. The zero-order valence-electron chi connectivity index (χ0n) is 9.64. The summed E-state index contributed by atoms with van der Waals surface area (Å²) in [6.45, 7) is 3.25. The third kappa shape index (κ3) is 2.65. The summed E-state index contributed by atoms with van der Waals surface area (Å²) >= 11 is 1.13. The molecular formula is C10H10FN3O2S2. The smallest absolute Gasteiger partial charge is 0.253 e. The molecule has 0 amide bonds. The predicted molar refractivity (Wildman–Crippen MR) is 66.6 cm³/mol. The number of aryl methyl sites for hydroxylation is 2. The second kappa shape index (κ2) is 4.62. The van der Waals surface area contributed by atoms with E-state index in [4.69, 9.17) is 0 Å². The number of hydrogen-bond acceptors (Lipinski definition) is 5. The van der Waals surface area contributed by atoms with Gasteiger partial charge >= 0.3 is 0 Å². The second-order valence-electron chi connectivity index (χ2n) is 3.64. The van der Waals surface area contributed by atoms with E-state index in [1.54, 1.807) is 6.92 Å². The summed E-state index contributed by atoms with van der Waals surface area (Å²) in [5.41, 5.74) is 0.337. The van der Waals surface area contributed by atoms with E-state index in [0.717, 1.165) is 17.4 Å². The van der Waals surface area contributed by atoms with Crippen LogP contribution < -0.4 is 4.72 Å². The molecule has 18 heavy (non-hydrogen) atoms. The first-order chi connectivity index (χ1) is 8.38. The monoisotopic (exact) mass is 287 g/mol. The minimum Gasteiger partial charge on any atom is -0.253 e. The van der Waals surface area contributed by atoms with Gasteiger partial charge in [-0.05, 0) is 37.6 Å². The number of rotatable bonds is 3. The van der Waals surface area contributed by atoms with Crippen LogP contribution in [0.1, 0.15) is 10.6 Å². The van der Waals surface area contributed by atoms with Crippen LogP contribution in [-0.4, -0.2) is 18.6 Å². The molecule has 0 bridgehead atoms. The number of sulfonamides is 1. The lowest BCUT2D eigenvalue weighted by atomic mass is 10.2. The Morgan fingerprint density at radius 2 is 2.00 bits per heavy atom. The van der Waals surface area contributed by atoms with Gasteiger partial charge in [-0.1, -0.05) is 11.3 Å². The molecule has 1 aromatic carbocycles. The van der Waals surface area contributed by atoms with Gasteiger partial charge in [0.05, 0.1) is 4.90 Å². The van der Waals surface area contributed by atoms with Gasteiger partial charge in [0.2, 0.25) is 5.13 Å². The van der Waals surface area contributed by atoms with E-state index in [-0.39, 0.29) is 10.0 Å². The Morgan fingerprint density at radius 3 is 2.56 bits per heavy atom. The van der Waals surface area contributed by atoms with E-state index in [1.165, 1.54) is 19.1 Å². The summed E-state index contributed by atoms with van der Waals surface area (Å²) in [5.74, 6) is -0.474. The Balaban J connectivity index is 2.36. The first kappa shape index (κ1) is 12.9. The highest BCUT2D eigenvalue weighted by atomic mass is 32.2. The molecule has 1 N–H and O–H groups in total. The Morgan fingerprint density at radius 1 is 1.28 bits per heavy atom. The molecule has 0 saturated heterocycles. The van der Waals surface area contributed by atoms with Gasteiger partial charge < -0.3 is 0 Å². The van der Waals surface area contributed by atoms with Gasteiger partial charge in [-0.15, -0.1) is 10.2 Å². The molecule has 1 aromatic heterocycles. The standard InChI is InChI=1S/C10H10FN3O2S2/c1-6-5-8(11)3-4-9(6)18(15,16)14-10-13-12-7(2)17-10/h3-5H,1-2H3,(H,13,14). The van der Waals surface area contributed by atoms with Crippen LogP contribution in [0, 0.1) is 19.7 Å². The molecule has 2 aromatic rings. The molecular weight excluding hydrogens is 277 g/mol. The molecule has 8 heteroatoms. The fourth-order valence-corrected chi connectivity index (χ4v) is 3.47. The van der Waals surface area contributed by atoms with E-state index in [1.807, 2.05) is 0 Å². The van der Waals surface area contributed by atoms with E-state index >= 15 is 0 Å². The van der Waals surface area contributed by atoms with Crippen LogP contribution in [0.15, 0.2) is 23.1 Å². The molecule has 0 fully saturated rings. The lowest BCUT2D eigenvalue weighted by molar-refractivity contribution is 0.598.